The number of hydrogen-bond donors (Lipinski definition) is 1. The standard InChI is InChI=1S/C11H17ClN4O/c12-10-8-14-11(15-9-10)13-2-1-3-16-4-6-17-7-5-16/h8-9H,1-7H2,(H,13,14,15). The van der Waals surface area contributed by atoms with Gasteiger partial charge in [-0.3, -0.25) is 4.90 Å². The summed E-state index contributed by atoms with van der Waals surface area (Å²) in [6.45, 7) is 5.75. The van der Waals surface area contributed by atoms with E-state index in [-0.39, 0.29) is 0 Å². The van der Waals surface area contributed by atoms with Crippen molar-refractivity contribution in [1.29, 1.82) is 0 Å². The van der Waals surface area contributed by atoms with Crippen LogP contribution in [0.4, 0.5) is 5.95 Å². The summed E-state index contributed by atoms with van der Waals surface area (Å²) in [5.74, 6) is 0.636. The van der Waals surface area contributed by atoms with Crippen LogP contribution in [0, 0.1) is 0 Å². The van der Waals surface area contributed by atoms with Crippen LogP contribution >= 0.6 is 11.6 Å². The van der Waals surface area contributed by atoms with Crippen LogP contribution < -0.4 is 5.32 Å². The monoisotopic (exact) mass is 256 g/mol. The van der Waals surface area contributed by atoms with Crippen LogP contribution in [0.2, 0.25) is 5.02 Å². The third kappa shape index (κ3) is 4.46. The normalized spacial score (nSPS) is 17.0. The van der Waals surface area contributed by atoms with Gasteiger partial charge in [0.05, 0.1) is 30.6 Å². The highest BCUT2D eigenvalue weighted by molar-refractivity contribution is 6.30. The van der Waals surface area contributed by atoms with Crippen molar-refractivity contribution >= 4 is 17.5 Å². The molecule has 5 nitrogen and oxygen atoms in total. The third-order valence-electron chi connectivity index (χ3n) is 2.66. The first-order valence-electron chi connectivity index (χ1n) is 5.86. The predicted molar refractivity (Wildman–Crippen MR) is 67.4 cm³/mol. The van der Waals surface area contributed by atoms with Crippen LogP contribution in [0.1, 0.15) is 6.42 Å². The lowest BCUT2D eigenvalue weighted by molar-refractivity contribution is 0.0378. The maximum atomic E-state index is 5.70. The van der Waals surface area contributed by atoms with Gasteiger partial charge in [0.25, 0.3) is 0 Å². The van der Waals surface area contributed by atoms with Crippen molar-refractivity contribution in [2.45, 2.75) is 6.42 Å². The Hall–Kier alpha value is -0.910. The Morgan fingerprint density at radius 2 is 2.00 bits per heavy atom. The highest BCUT2D eigenvalue weighted by atomic mass is 35.5. The minimum atomic E-state index is 0.559. The SMILES string of the molecule is Clc1cnc(NCCCN2CCOCC2)nc1. The van der Waals surface area contributed by atoms with Gasteiger partial charge in [-0.05, 0) is 13.0 Å². The second-order valence-electron chi connectivity index (χ2n) is 3.96. The summed E-state index contributed by atoms with van der Waals surface area (Å²) < 4.78 is 5.30. The van der Waals surface area contributed by atoms with Gasteiger partial charge in [0.1, 0.15) is 0 Å². The quantitative estimate of drug-likeness (QED) is 0.804. The van der Waals surface area contributed by atoms with Gasteiger partial charge < -0.3 is 10.1 Å². The van der Waals surface area contributed by atoms with Gasteiger partial charge in [-0.25, -0.2) is 9.97 Å². The number of rotatable bonds is 5. The average Bonchev–Trinajstić information content (AvgIpc) is 2.38. The number of nitrogens with zero attached hydrogens (tertiary/aromatic N) is 3. The summed E-state index contributed by atoms with van der Waals surface area (Å²) in [6.07, 6.45) is 4.27. The van der Waals surface area contributed by atoms with Crippen LogP contribution in [-0.2, 0) is 4.74 Å². The molecule has 1 aliphatic heterocycles. The number of ether oxygens (including phenoxy) is 1. The molecule has 0 spiro atoms. The first-order chi connectivity index (χ1) is 8.34. The lowest BCUT2D eigenvalue weighted by atomic mass is 10.3. The summed E-state index contributed by atoms with van der Waals surface area (Å²) in [4.78, 5) is 10.6. The minimum absolute atomic E-state index is 0.559. The lowest BCUT2D eigenvalue weighted by Gasteiger charge is -2.26. The molecule has 0 saturated carbocycles. The lowest BCUT2D eigenvalue weighted by Crippen LogP contribution is -2.37. The molecule has 0 amide bonds. The van der Waals surface area contributed by atoms with Gasteiger partial charge in [0, 0.05) is 19.6 Å². The number of morpholine rings is 1. The zero-order valence-electron chi connectivity index (χ0n) is 9.73. The Bertz CT molecular complexity index is 327. The second kappa shape index (κ2) is 6.74. The van der Waals surface area contributed by atoms with Crippen molar-refractivity contribution in [1.82, 2.24) is 14.9 Å². The second-order valence-corrected chi connectivity index (χ2v) is 4.40. The van der Waals surface area contributed by atoms with Gasteiger partial charge >= 0.3 is 0 Å². The van der Waals surface area contributed by atoms with E-state index in [9.17, 15) is 0 Å². The Morgan fingerprint density at radius 3 is 2.71 bits per heavy atom. The van der Waals surface area contributed by atoms with E-state index < -0.39 is 0 Å². The fourth-order valence-corrected chi connectivity index (χ4v) is 1.83. The fourth-order valence-electron chi connectivity index (χ4n) is 1.73. The van der Waals surface area contributed by atoms with E-state index in [1.807, 2.05) is 0 Å². The number of halogens is 1. The van der Waals surface area contributed by atoms with E-state index in [0.29, 0.717) is 11.0 Å². The summed E-state index contributed by atoms with van der Waals surface area (Å²) in [7, 11) is 0. The molecule has 1 aromatic heterocycles. The third-order valence-corrected chi connectivity index (χ3v) is 2.85. The first kappa shape index (κ1) is 12.5. The molecule has 1 saturated heterocycles. The molecule has 6 heteroatoms. The van der Waals surface area contributed by atoms with E-state index >= 15 is 0 Å². The van der Waals surface area contributed by atoms with Crippen molar-refractivity contribution in [3.63, 3.8) is 0 Å². The average molecular weight is 257 g/mol. The zero-order chi connectivity index (χ0) is 11.9. The van der Waals surface area contributed by atoms with Crippen LogP contribution in [-0.4, -0.2) is 54.3 Å². The topological polar surface area (TPSA) is 50.3 Å². The summed E-state index contributed by atoms with van der Waals surface area (Å²) in [6, 6.07) is 0. The molecule has 0 aliphatic carbocycles. The maximum Gasteiger partial charge on any atom is 0.222 e. The number of aromatic nitrogens is 2. The number of nitrogens with one attached hydrogen (secondary N) is 1. The van der Waals surface area contributed by atoms with Crippen LogP contribution in [0.25, 0.3) is 0 Å². The molecule has 0 radical (unpaired) electrons. The highest BCUT2D eigenvalue weighted by Crippen LogP contribution is 2.05. The minimum Gasteiger partial charge on any atom is -0.379 e. The van der Waals surface area contributed by atoms with Crippen molar-refractivity contribution < 1.29 is 4.74 Å². The molecule has 0 unspecified atom stereocenters. The first-order valence-corrected chi connectivity index (χ1v) is 6.24. The Labute approximate surface area is 106 Å². The van der Waals surface area contributed by atoms with Gasteiger partial charge in [-0.1, -0.05) is 11.6 Å². The van der Waals surface area contributed by atoms with E-state index in [2.05, 4.69) is 20.2 Å². The molecule has 94 valence electrons. The summed E-state index contributed by atoms with van der Waals surface area (Å²) >= 11 is 5.70. The van der Waals surface area contributed by atoms with Gasteiger partial charge in [0.2, 0.25) is 5.95 Å². The molecule has 1 N–H and O–H groups in total. The summed E-state index contributed by atoms with van der Waals surface area (Å²) in [5.41, 5.74) is 0. The zero-order valence-corrected chi connectivity index (χ0v) is 10.5. The van der Waals surface area contributed by atoms with Crippen LogP contribution in [0.3, 0.4) is 0 Å². The fraction of sp³-hybridized carbons (Fsp3) is 0.636. The van der Waals surface area contributed by atoms with E-state index in [1.165, 1.54) is 0 Å². The highest BCUT2D eigenvalue weighted by Gasteiger charge is 2.08. The largest absolute Gasteiger partial charge is 0.379 e. The van der Waals surface area contributed by atoms with Crippen molar-refractivity contribution in [3.8, 4) is 0 Å². The molecule has 1 aromatic rings. The summed E-state index contributed by atoms with van der Waals surface area (Å²) in [5, 5.41) is 3.73. The molecule has 2 rings (SSSR count). The Kier molecular flexibility index (Phi) is 4.97. The Morgan fingerprint density at radius 1 is 1.29 bits per heavy atom. The van der Waals surface area contributed by atoms with Gasteiger partial charge in [-0.15, -0.1) is 0 Å². The molecule has 1 fully saturated rings. The predicted octanol–water partition coefficient (Wildman–Crippen LogP) is 1.26. The van der Waals surface area contributed by atoms with Gasteiger partial charge in [0.15, 0.2) is 0 Å². The van der Waals surface area contributed by atoms with Crippen LogP contribution in [0.15, 0.2) is 12.4 Å². The molecule has 1 aliphatic rings. The van der Waals surface area contributed by atoms with Crippen LogP contribution in [0.5, 0.6) is 0 Å². The Balaban J connectivity index is 1.60. The van der Waals surface area contributed by atoms with Crippen molar-refractivity contribution in [3.05, 3.63) is 17.4 Å². The smallest absolute Gasteiger partial charge is 0.222 e. The maximum absolute atomic E-state index is 5.70. The molecule has 0 atom stereocenters. The molecule has 2 heterocycles. The molecule has 0 bridgehead atoms. The molecule has 0 aromatic carbocycles. The van der Waals surface area contributed by atoms with Crippen molar-refractivity contribution in [2.24, 2.45) is 0 Å². The van der Waals surface area contributed by atoms with Crippen molar-refractivity contribution in [2.75, 3.05) is 44.7 Å². The number of hydrogen-bond acceptors (Lipinski definition) is 5. The molecular weight excluding hydrogens is 240 g/mol. The number of anilines is 1. The van der Waals surface area contributed by atoms with E-state index in [1.54, 1.807) is 12.4 Å². The molecule has 17 heavy (non-hydrogen) atoms. The molecular formula is C11H17ClN4O. The van der Waals surface area contributed by atoms with Gasteiger partial charge in [-0.2, -0.15) is 0 Å². The van der Waals surface area contributed by atoms with E-state index in [4.69, 9.17) is 16.3 Å². The van der Waals surface area contributed by atoms with E-state index in [0.717, 1.165) is 45.8 Å².